The van der Waals surface area contributed by atoms with E-state index < -0.39 is 12.1 Å². The van der Waals surface area contributed by atoms with Gasteiger partial charge in [0.05, 0.1) is 24.9 Å². The highest BCUT2D eigenvalue weighted by atomic mass is 19.4. The molecule has 1 aliphatic carbocycles. The van der Waals surface area contributed by atoms with Crippen LogP contribution in [0.25, 0.3) is 0 Å². The molecule has 0 bridgehead atoms. The van der Waals surface area contributed by atoms with Crippen molar-refractivity contribution in [2.75, 3.05) is 39.3 Å². The Kier molecular flexibility index (Phi) is 8.05. The molecule has 1 aromatic rings. The van der Waals surface area contributed by atoms with E-state index >= 15 is 0 Å². The summed E-state index contributed by atoms with van der Waals surface area (Å²) in [4.78, 5) is 34.3. The first-order chi connectivity index (χ1) is 15.2. The van der Waals surface area contributed by atoms with Gasteiger partial charge in [0, 0.05) is 38.6 Å². The van der Waals surface area contributed by atoms with Crippen molar-refractivity contribution >= 4 is 11.9 Å². The molecule has 8 nitrogen and oxygen atoms in total. The normalized spacial score (nSPS) is 21.8. The highest BCUT2D eigenvalue weighted by Gasteiger charge is 2.41. The summed E-state index contributed by atoms with van der Waals surface area (Å²) in [5.41, 5.74) is 0.265. The van der Waals surface area contributed by atoms with Gasteiger partial charge in [-0.25, -0.2) is 9.78 Å². The zero-order valence-electron chi connectivity index (χ0n) is 17.9. The fourth-order valence-corrected chi connectivity index (χ4v) is 4.59. The van der Waals surface area contributed by atoms with Gasteiger partial charge in [0.1, 0.15) is 5.69 Å². The van der Waals surface area contributed by atoms with Gasteiger partial charge < -0.3 is 19.6 Å². The van der Waals surface area contributed by atoms with Gasteiger partial charge in [-0.05, 0) is 31.6 Å². The number of rotatable bonds is 3. The van der Waals surface area contributed by atoms with Crippen LogP contribution in [0.5, 0.6) is 0 Å². The number of likely N-dealkylation sites (tertiary alicyclic amines) is 1. The van der Waals surface area contributed by atoms with E-state index in [1.807, 2.05) is 4.90 Å². The van der Waals surface area contributed by atoms with Crippen LogP contribution in [-0.2, 0) is 9.53 Å². The molecule has 11 heteroatoms. The van der Waals surface area contributed by atoms with Crippen LogP contribution in [0.2, 0.25) is 0 Å². The van der Waals surface area contributed by atoms with Crippen molar-refractivity contribution in [3.8, 4) is 0 Å². The van der Waals surface area contributed by atoms with E-state index in [4.69, 9.17) is 14.6 Å². The lowest BCUT2D eigenvalue weighted by molar-refractivity contribution is -0.192. The number of alkyl halides is 3. The molecule has 1 spiro atoms. The number of ether oxygens (including phenoxy) is 1. The van der Waals surface area contributed by atoms with E-state index in [2.05, 4.69) is 14.9 Å². The second kappa shape index (κ2) is 10.6. The van der Waals surface area contributed by atoms with Crippen LogP contribution in [0, 0.1) is 5.92 Å². The third-order valence-corrected chi connectivity index (χ3v) is 6.32. The molecule has 3 aliphatic rings. The summed E-state index contributed by atoms with van der Waals surface area (Å²) in [6.45, 7) is 5.36. The van der Waals surface area contributed by atoms with Crippen molar-refractivity contribution in [1.82, 2.24) is 19.8 Å². The largest absolute Gasteiger partial charge is 0.490 e. The van der Waals surface area contributed by atoms with Crippen molar-refractivity contribution in [3.05, 3.63) is 24.3 Å². The molecule has 3 heterocycles. The van der Waals surface area contributed by atoms with Crippen molar-refractivity contribution in [2.45, 2.75) is 50.3 Å². The number of aliphatic carboxylic acids is 1. The van der Waals surface area contributed by atoms with Gasteiger partial charge in [0.2, 0.25) is 0 Å². The number of carbonyl (C=O) groups is 2. The minimum atomic E-state index is -5.08. The molecule has 1 aromatic heterocycles. The lowest BCUT2D eigenvalue weighted by Gasteiger charge is -2.47. The topological polar surface area (TPSA) is 95.9 Å². The smallest absolute Gasteiger partial charge is 0.475 e. The van der Waals surface area contributed by atoms with Crippen molar-refractivity contribution in [1.29, 1.82) is 0 Å². The summed E-state index contributed by atoms with van der Waals surface area (Å²) >= 11 is 0. The Labute approximate surface area is 184 Å². The number of piperidine rings is 1. The monoisotopic (exact) mass is 458 g/mol. The highest BCUT2D eigenvalue weighted by Crippen LogP contribution is 2.32. The van der Waals surface area contributed by atoms with Gasteiger partial charge in [0.15, 0.2) is 0 Å². The Balaban J connectivity index is 0.000000360. The predicted octanol–water partition coefficient (Wildman–Crippen LogP) is 2.61. The molecule has 0 unspecified atom stereocenters. The first-order valence-electron chi connectivity index (χ1n) is 10.9. The van der Waals surface area contributed by atoms with E-state index in [1.54, 1.807) is 18.6 Å². The fraction of sp³-hybridized carbons (Fsp3) is 0.714. The Hall–Kier alpha value is -2.27. The SMILES string of the molecule is O=C(O)C(F)(F)F.O=C(c1cnccn1)N1CCOC2(CCN(CC3CCCC3)CC2)C1. The second-order valence-electron chi connectivity index (χ2n) is 8.60. The highest BCUT2D eigenvalue weighted by molar-refractivity contribution is 5.92. The molecule has 1 amide bonds. The van der Waals surface area contributed by atoms with Crippen LogP contribution in [-0.4, -0.2) is 87.9 Å². The molecule has 178 valence electrons. The fourth-order valence-electron chi connectivity index (χ4n) is 4.59. The summed E-state index contributed by atoms with van der Waals surface area (Å²) in [5, 5.41) is 7.12. The molecule has 0 aromatic carbocycles. The Morgan fingerprint density at radius 2 is 1.81 bits per heavy atom. The molecule has 4 rings (SSSR count). The van der Waals surface area contributed by atoms with Crippen LogP contribution in [0.3, 0.4) is 0 Å². The molecule has 0 radical (unpaired) electrons. The number of hydrogen-bond donors (Lipinski definition) is 1. The average molecular weight is 458 g/mol. The van der Waals surface area contributed by atoms with Crippen molar-refractivity contribution in [2.24, 2.45) is 5.92 Å². The number of halogens is 3. The van der Waals surface area contributed by atoms with Crippen LogP contribution >= 0.6 is 0 Å². The first kappa shape index (κ1) is 24.4. The van der Waals surface area contributed by atoms with E-state index in [0.29, 0.717) is 25.4 Å². The zero-order chi connectivity index (χ0) is 23.2. The maximum atomic E-state index is 12.7. The van der Waals surface area contributed by atoms with E-state index in [9.17, 15) is 18.0 Å². The molecule has 32 heavy (non-hydrogen) atoms. The average Bonchev–Trinajstić information content (AvgIpc) is 3.29. The Morgan fingerprint density at radius 1 is 1.16 bits per heavy atom. The number of nitrogens with zero attached hydrogens (tertiary/aromatic N) is 4. The Morgan fingerprint density at radius 3 is 2.38 bits per heavy atom. The van der Waals surface area contributed by atoms with Gasteiger partial charge in [-0.3, -0.25) is 9.78 Å². The van der Waals surface area contributed by atoms with Crippen molar-refractivity contribution < 1.29 is 32.6 Å². The van der Waals surface area contributed by atoms with Gasteiger partial charge in [0.25, 0.3) is 5.91 Å². The summed E-state index contributed by atoms with van der Waals surface area (Å²) < 4.78 is 37.9. The third-order valence-electron chi connectivity index (χ3n) is 6.32. The summed E-state index contributed by atoms with van der Waals surface area (Å²) in [7, 11) is 0. The van der Waals surface area contributed by atoms with Crippen molar-refractivity contribution in [3.63, 3.8) is 0 Å². The maximum absolute atomic E-state index is 12.7. The minimum Gasteiger partial charge on any atom is -0.475 e. The second-order valence-corrected chi connectivity index (χ2v) is 8.60. The number of morpholine rings is 1. The van der Waals surface area contributed by atoms with Gasteiger partial charge in [-0.15, -0.1) is 0 Å². The first-order valence-corrected chi connectivity index (χ1v) is 10.9. The Bertz CT molecular complexity index is 764. The summed E-state index contributed by atoms with van der Waals surface area (Å²) in [5.74, 6) is -1.88. The molecular formula is C21H29F3N4O4. The van der Waals surface area contributed by atoms with Crippen LogP contribution in [0.4, 0.5) is 13.2 Å². The van der Waals surface area contributed by atoms with E-state index in [1.165, 1.54) is 32.2 Å². The van der Waals surface area contributed by atoms with Gasteiger partial charge >= 0.3 is 12.1 Å². The standard InChI is InChI=1S/C19H28N4O2.C2HF3O2/c24-18(17-13-20-7-8-21-17)23-11-12-25-19(15-23)5-9-22(10-6-19)14-16-3-1-2-4-16;3-2(4,5)1(6)7/h7-8,13,16H,1-6,9-12,14-15H2;(H,6,7). The minimum absolute atomic E-state index is 0.0239. The number of aromatic nitrogens is 2. The molecule has 2 aliphatic heterocycles. The third kappa shape index (κ3) is 6.61. The van der Waals surface area contributed by atoms with Crippen LogP contribution in [0.1, 0.15) is 49.0 Å². The number of hydrogen-bond acceptors (Lipinski definition) is 6. The van der Waals surface area contributed by atoms with E-state index in [-0.39, 0.29) is 11.5 Å². The molecule has 0 atom stereocenters. The lowest BCUT2D eigenvalue weighted by Crippen LogP contribution is -2.58. The molecule has 3 fully saturated rings. The molecule has 1 saturated carbocycles. The van der Waals surface area contributed by atoms with Gasteiger partial charge in [-0.1, -0.05) is 12.8 Å². The van der Waals surface area contributed by atoms with Crippen LogP contribution in [0.15, 0.2) is 18.6 Å². The molecular weight excluding hydrogens is 429 g/mol. The van der Waals surface area contributed by atoms with Gasteiger partial charge in [-0.2, -0.15) is 13.2 Å². The summed E-state index contributed by atoms with van der Waals surface area (Å²) in [6, 6.07) is 0. The number of carboxylic acid groups (broad SMARTS) is 1. The maximum Gasteiger partial charge on any atom is 0.490 e. The number of carbonyl (C=O) groups excluding carboxylic acids is 1. The number of carboxylic acids is 1. The molecule has 2 saturated heterocycles. The quantitative estimate of drug-likeness (QED) is 0.744. The zero-order valence-corrected chi connectivity index (χ0v) is 17.9. The van der Waals surface area contributed by atoms with E-state index in [0.717, 1.165) is 31.8 Å². The summed E-state index contributed by atoms with van der Waals surface area (Å²) in [6.07, 6.45) is 7.29. The molecule has 1 N–H and O–H groups in total. The lowest BCUT2D eigenvalue weighted by atomic mass is 9.88. The number of amides is 1. The van der Waals surface area contributed by atoms with Crippen LogP contribution < -0.4 is 0 Å². The predicted molar refractivity (Wildman–Crippen MR) is 108 cm³/mol.